The molecule has 0 aliphatic rings. The Morgan fingerprint density at radius 3 is 2.38 bits per heavy atom. The molecule has 0 saturated carbocycles. The maximum absolute atomic E-state index is 12.5. The number of benzene rings is 2. The van der Waals surface area contributed by atoms with E-state index in [0.717, 1.165) is 11.3 Å². The van der Waals surface area contributed by atoms with Gasteiger partial charge in [-0.05, 0) is 37.3 Å². The van der Waals surface area contributed by atoms with Crippen LogP contribution in [0.5, 0.6) is 0 Å². The summed E-state index contributed by atoms with van der Waals surface area (Å²) < 4.78 is 55.3. The van der Waals surface area contributed by atoms with Gasteiger partial charge in [-0.1, -0.05) is 29.5 Å². The van der Waals surface area contributed by atoms with Gasteiger partial charge in [0.1, 0.15) is 0 Å². The Balaban J connectivity index is 1.93. The molecule has 2 N–H and O–H groups in total. The van der Waals surface area contributed by atoms with Crippen LogP contribution < -0.4 is 9.94 Å². The van der Waals surface area contributed by atoms with E-state index in [1.165, 1.54) is 30.3 Å². The highest BCUT2D eigenvalue weighted by atomic mass is 32.2. The molecule has 1 heterocycles. The fourth-order valence-electron chi connectivity index (χ4n) is 3.10. The van der Waals surface area contributed by atoms with Crippen LogP contribution in [0.15, 0.2) is 63.3 Å². The Bertz CT molecular complexity index is 1490. The minimum Gasteiger partial charge on any atom is -0.466 e. The molecular weight excluding hydrogens is 502 g/mol. The maximum Gasteiger partial charge on any atom is 0.307 e. The highest BCUT2D eigenvalue weighted by molar-refractivity contribution is 7.91. The van der Waals surface area contributed by atoms with E-state index >= 15 is 0 Å². The van der Waals surface area contributed by atoms with E-state index in [9.17, 15) is 26.4 Å². The molecule has 0 radical (unpaired) electrons. The number of carbonyl (C=O) groups is 2. The molecule has 0 aliphatic heterocycles. The fourth-order valence-corrected chi connectivity index (χ4v) is 6.08. The van der Waals surface area contributed by atoms with Gasteiger partial charge in [-0.15, -0.1) is 0 Å². The second kappa shape index (κ2) is 10.6. The number of carbonyl (C=O) groups excluding carboxylic acids is 2. The Morgan fingerprint density at radius 2 is 1.74 bits per heavy atom. The van der Waals surface area contributed by atoms with E-state index in [0.29, 0.717) is 10.2 Å². The van der Waals surface area contributed by atoms with Crippen LogP contribution in [0.3, 0.4) is 0 Å². The summed E-state index contributed by atoms with van der Waals surface area (Å²) in [6, 6.07) is 12.0. The average Bonchev–Trinajstić information content (AvgIpc) is 3.12. The summed E-state index contributed by atoms with van der Waals surface area (Å²) in [6.45, 7) is 2.03. The van der Waals surface area contributed by atoms with Crippen molar-refractivity contribution in [3.8, 4) is 0 Å². The van der Waals surface area contributed by atoms with Crippen molar-refractivity contribution in [3.05, 3.63) is 53.3 Å². The highest BCUT2D eigenvalue weighted by Crippen LogP contribution is 2.22. The van der Waals surface area contributed by atoms with Gasteiger partial charge < -0.3 is 9.30 Å². The van der Waals surface area contributed by atoms with Crippen molar-refractivity contribution in [2.24, 2.45) is 10.1 Å². The van der Waals surface area contributed by atoms with Crippen LogP contribution in [0, 0.1) is 0 Å². The Morgan fingerprint density at radius 1 is 1.03 bits per heavy atom. The Kier molecular flexibility index (Phi) is 8.02. The average molecular weight is 526 g/mol. The van der Waals surface area contributed by atoms with E-state index < -0.39 is 37.5 Å². The minimum atomic E-state index is -3.95. The molecule has 0 saturated heterocycles. The standard InChI is InChI=1S/C21H23N3O7S3/c1-2-31-20(26)10-12-24-17-9-8-16(34(22,29)30)14-18(17)32-21(24)23-19(25)11-13-33(27,28)15-6-4-3-5-7-15/h3-9,14H,2,10-13H2,1H3,(H2,22,29,30). The summed E-state index contributed by atoms with van der Waals surface area (Å²) in [5.41, 5.74) is 0.546. The van der Waals surface area contributed by atoms with Crippen LogP contribution in [-0.2, 0) is 40.7 Å². The summed E-state index contributed by atoms with van der Waals surface area (Å²) >= 11 is 1.03. The van der Waals surface area contributed by atoms with Gasteiger partial charge in [0.05, 0.1) is 38.8 Å². The number of ether oxygens (including phenoxy) is 1. The summed E-state index contributed by atoms with van der Waals surface area (Å²) in [7, 11) is -7.60. The number of aromatic nitrogens is 1. The SMILES string of the molecule is CCOC(=O)CCn1c(=NC(=O)CCS(=O)(=O)c2ccccc2)sc2cc(S(N)(=O)=O)ccc21. The quantitative estimate of drug-likeness (QED) is 0.416. The van der Waals surface area contributed by atoms with Crippen LogP contribution in [0.25, 0.3) is 10.2 Å². The molecule has 34 heavy (non-hydrogen) atoms. The maximum atomic E-state index is 12.5. The summed E-state index contributed by atoms with van der Waals surface area (Å²) in [6.07, 6.45) is -0.341. The normalized spacial score (nSPS) is 12.7. The zero-order valence-electron chi connectivity index (χ0n) is 18.2. The molecule has 1 aromatic heterocycles. The van der Waals surface area contributed by atoms with Crippen molar-refractivity contribution in [2.75, 3.05) is 12.4 Å². The van der Waals surface area contributed by atoms with E-state index in [1.54, 1.807) is 29.7 Å². The second-order valence-electron chi connectivity index (χ2n) is 7.15. The first-order valence-corrected chi connectivity index (χ1v) is 14.2. The molecule has 0 atom stereocenters. The van der Waals surface area contributed by atoms with Crippen LogP contribution in [-0.4, -0.2) is 45.6 Å². The van der Waals surface area contributed by atoms with E-state index in [-0.39, 0.29) is 40.6 Å². The van der Waals surface area contributed by atoms with Crippen LogP contribution in [0.1, 0.15) is 19.8 Å². The predicted octanol–water partition coefficient (Wildman–Crippen LogP) is 1.59. The third kappa shape index (κ3) is 6.38. The lowest BCUT2D eigenvalue weighted by Gasteiger charge is -2.06. The van der Waals surface area contributed by atoms with Crippen molar-refractivity contribution < 1.29 is 31.2 Å². The molecule has 3 aromatic rings. The third-order valence-electron chi connectivity index (χ3n) is 4.73. The van der Waals surface area contributed by atoms with Gasteiger partial charge in [0.15, 0.2) is 14.6 Å². The van der Waals surface area contributed by atoms with Crippen molar-refractivity contribution in [1.82, 2.24) is 4.57 Å². The Hall–Kier alpha value is -2.87. The number of sulfonamides is 1. The van der Waals surface area contributed by atoms with Gasteiger partial charge in [0.2, 0.25) is 15.9 Å². The molecule has 13 heteroatoms. The summed E-state index contributed by atoms with van der Waals surface area (Å²) in [5.74, 6) is -1.52. The molecule has 3 rings (SSSR count). The number of aryl methyl sites for hydroxylation is 1. The number of primary sulfonamides is 1. The highest BCUT2D eigenvalue weighted by Gasteiger charge is 2.17. The zero-order chi connectivity index (χ0) is 24.9. The first-order chi connectivity index (χ1) is 16.0. The number of rotatable bonds is 9. The van der Waals surface area contributed by atoms with E-state index in [4.69, 9.17) is 9.88 Å². The monoisotopic (exact) mass is 525 g/mol. The molecule has 0 fully saturated rings. The molecule has 10 nitrogen and oxygen atoms in total. The second-order valence-corrected chi connectivity index (χ2v) is 11.8. The van der Waals surface area contributed by atoms with Crippen LogP contribution in [0.2, 0.25) is 0 Å². The van der Waals surface area contributed by atoms with Crippen molar-refractivity contribution >= 4 is 53.3 Å². The first-order valence-electron chi connectivity index (χ1n) is 10.2. The Labute approximate surface area is 200 Å². The number of esters is 1. The number of nitrogens with two attached hydrogens (primary N) is 1. The molecule has 0 unspecified atom stereocenters. The number of nitrogens with zero attached hydrogens (tertiary/aromatic N) is 2. The topological polar surface area (TPSA) is 155 Å². The van der Waals surface area contributed by atoms with Crippen molar-refractivity contribution in [1.29, 1.82) is 0 Å². The number of fused-ring (bicyclic) bond motifs is 1. The van der Waals surface area contributed by atoms with E-state index in [2.05, 4.69) is 4.99 Å². The fraction of sp³-hybridized carbons (Fsp3) is 0.286. The lowest BCUT2D eigenvalue weighted by molar-refractivity contribution is -0.143. The van der Waals surface area contributed by atoms with Gasteiger partial charge in [-0.3, -0.25) is 9.59 Å². The number of sulfone groups is 1. The van der Waals surface area contributed by atoms with Gasteiger partial charge in [0, 0.05) is 13.0 Å². The van der Waals surface area contributed by atoms with Gasteiger partial charge in [0.25, 0.3) is 0 Å². The van der Waals surface area contributed by atoms with Gasteiger partial charge in [-0.25, -0.2) is 22.0 Å². The molecule has 0 bridgehead atoms. The van der Waals surface area contributed by atoms with Crippen LogP contribution in [0.4, 0.5) is 0 Å². The van der Waals surface area contributed by atoms with Gasteiger partial charge >= 0.3 is 5.97 Å². The molecule has 2 aromatic carbocycles. The number of thiazole rings is 1. The predicted molar refractivity (Wildman–Crippen MR) is 126 cm³/mol. The van der Waals surface area contributed by atoms with Gasteiger partial charge in [-0.2, -0.15) is 4.99 Å². The molecule has 182 valence electrons. The first kappa shape index (κ1) is 25.7. The molecule has 0 aliphatic carbocycles. The van der Waals surface area contributed by atoms with Crippen molar-refractivity contribution in [2.45, 2.75) is 36.1 Å². The molecular formula is C21H23N3O7S3. The largest absolute Gasteiger partial charge is 0.466 e. The lowest BCUT2D eigenvalue weighted by atomic mass is 10.3. The number of amides is 1. The van der Waals surface area contributed by atoms with Crippen molar-refractivity contribution in [3.63, 3.8) is 0 Å². The third-order valence-corrected chi connectivity index (χ3v) is 8.42. The number of hydrogen-bond acceptors (Lipinski definition) is 8. The number of hydrogen-bond donors (Lipinski definition) is 1. The summed E-state index contributed by atoms with van der Waals surface area (Å²) in [5, 5.41) is 5.21. The summed E-state index contributed by atoms with van der Waals surface area (Å²) in [4.78, 5) is 28.7. The zero-order valence-corrected chi connectivity index (χ0v) is 20.7. The molecule has 1 amide bonds. The van der Waals surface area contributed by atoms with E-state index in [1.807, 2.05) is 0 Å². The molecule has 0 spiro atoms. The van der Waals surface area contributed by atoms with Crippen LogP contribution >= 0.6 is 11.3 Å². The minimum absolute atomic E-state index is 0.000373. The lowest BCUT2D eigenvalue weighted by Crippen LogP contribution is -2.20. The smallest absolute Gasteiger partial charge is 0.307 e.